The lowest BCUT2D eigenvalue weighted by Crippen LogP contribution is -2.51. The van der Waals surface area contributed by atoms with Crippen molar-refractivity contribution in [2.75, 3.05) is 26.3 Å². The molecule has 1 amide bonds. The number of hydrogen-bond acceptors (Lipinski definition) is 3. The van der Waals surface area contributed by atoms with Crippen LogP contribution in [0, 0.1) is 11.8 Å². The van der Waals surface area contributed by atoms with Gasteiger partial charge in [-0.2, -0.15) is 0 Å². The van der Waals surface area contributed by atoms with Crippen molar-refractivity contribution in [1.29, 1.82) is 0 Å². The van der Waals surface area contributed by atoms with Gasteiger partial charge in [-0.25, -0.2) is 0 Å². The molecular weight excluding hydrogens is 240 g/mol. The van der Waals surface area contributed by atoms with Crippen LogP contribution in [-0.2, 0) is 9.53 Å². The average Bonchev–Trinajstić information content (AvgIpc) is 2.27. The maximum atomic E-state index is 12.1. The molecule has 0 aromatic carbocycles. The highest BCUT2D eigenvalue weighted by Crippen LogP contribution is 2.17. The molecule has 0 aromatic heterocycles. The summed E-state index contributed by atoms with van der Waals surface area (Å²) >= 11 is 0. The van der Waals surface area contributed by atoms with Crippen LogP contribution in [0.5, 0.6) is 0 Å². The maximum Gasteiger partial charge on any atom is 0.227 e. The van der Waals surface area contributed by atoms with Crippen LogP contribution in [0.15, 0.2) is 0 Å². The first-order chi connectivity index (χ1) is 7.56. The smallest absolute Gasteiger partial charge is 0.227 e. The second-order valence-electron chi connectivity index (χ2n) is 5.03. The molecule has 1 heterocycles. The Morgan fingerprint density at radius 3 is 2.65 bits per heavy atom. The molecule has 1 aliphatic heterocycles. The molecule has 0 bridgehead atoms. The van der Waals surface area contributed by atoms with Crippen molar-refractivity contribution >= 4 is 18.3 Å². The number of rotatable bonds is 4. The van der Waals surface area contributed by atoms with Gasteiger partial charge in [-0.15, -0.1) is 12.4 Å². The van der Waals surface area contributed by atoms with Gasteiger partial charge in [0.05, 0.1) is 19.3 Å². The molecule has 0 aliphatic carbocycles. The van der Waals surface area contributed by atoms with Gasteiger partial charge in [0.15, 0.2) is 0 Å². The van der Waals surface area contributed by atoms with Crippen molar-refractivity contribution in [2.45, 2.75) is 33.2 Å². The molecule has 1 saturated heterocycles. The van der Waals surface area contributed by atoms with Crippen LogP contribution in [0.25, 0.3) is 0 Å². The first-order valence-electron chi connectivity index (χ1n) is 6.14. The zero-order chi connectivity index (χ0) is 12.1. The fraction of sp³-hybridized carbons (Fsp3) is 0.917. The predicted octanol–water partition coefficient (Wildman–Crippen LogP) is 1.28. The van der Waals surface area contributed by atoms with Crippen molar-refractivity contribution < 1.29 is 9.53 Å². The highest BCUT2D eigenvalue weighted by molar-refractivity contribution is 5.85. The number of morpholine rings is 1. The third-order valence-electron chi connectivity index (χ3n) is 3.03. The minimum Gasteiger partial charge on any atom is -0.377 e. The zero-order valence-corrected chi connectivity index (χ0v) is 11.8. The molecule has 0 saturated carbocycles. The Morgan fingerprint density at radius 2 is 2.12 bits per heavy atom. The van der Waals surface area contributed by atoms with Gasteiger partial charge in [0.1, 0.15) is 0 Å². The molecule has 2 unspecified atom stereocenters. The van der Waals surface area contributed by atoms with Crippen molar-refractivity contribution in [1.82, 2.24) is 4.90 Å². The number of nitrogens with zero attached hydrogens (tertiary/aromatic N) is 1. The standard InChI is InChI=1S/C12H24N2O2.ClH/c1-9(2)6-11-8-16-5-4-14(11)12(15)10(3)7-13;/h9-11H,4-8,13H2,1-3H3;1H. The largest absolute Gasteiger partial charge is 0.377 e. The Bertz CT molecular complexity index is 237. The van der Waals surface area contributed by atoms with E-state index in [1.807, 2.05) is 11.8 Å². The van der Waals surface area contributed by atoms with E-state index in [4.69, 9.17) is 10.5 Å². The van der Waals surface area contributed by atoms with E-state index in [0.29, 0.717) is 32.2 Å². The lowest BCUT2D eigenvalue weighted by atomic mass is 10.0. The molecule has 102 valence electrons. The van der Waals surface area contributed by atoms with Crippen LogP contribution >= 0.6 is 12.4 Å². The Morgan fingerprint density at radius 1 is 1.47 bits per heavy atom. The number of carbonyl (C=O) groups excluding carboxylic acids is 1. The van der Waals surface area contributed by atoms with Crippen LogP contribution < -0.4 is 5.73 Å². The van der Waals surface area contributed by atoms with Crippen LogP contribution in [-0.4, -0.2) is 43.2 Å². The second-order valence-corrected chi connectivity index (χ2v) is 5.03. The van der Waals surface area contributed by atoms with Crippen molar-refractivity contribution in [2.24, 2.45) is 17.6 Å². The molecule has 1 fully saturated rings. The van der Waals surface area contributed by atoms with Crippen molar-refractivity contribution in [3.8, 4) is 0 Å². The number of nitrogens with two attached hydrogens (primary N) is 1. The molecule has 0 aromatic rings. The van der Waals surface area contributed by atoms with E-state index in [1.165, 1.54) is 0 Å². The third-order valence-corrected chi connectivity index (χ3v) is 3.03. The summed E-state index contributed by atoms with van der Waals surface area (Å²) in [5.74, 6) is 0.680. The van der Waals surface area contributed by atoms with Crippen LogP contribution in [0.2, 0.25) is 0 Å². The summed E-state index contributed by atoms with van der Waals surface area (Å²) in [5, 5.41) is 0. The Balaban J connectivity index is 0.00000256. The molecule has 2 atom stereocenters. The number of amides is 1. The summed E-state index contributed by atoms with van der Waals surface area (Å²) in [4.78, 5) is 14.1. The van der Waals surface area contributed by atoms with Gasteiger partial charge < -0.3 is 15.4 Å². The lowest BCUT2D eigenvalue weighted by molar-refractivity contribution is -0.144. The number of carbonyl (C=O) groups is 1. The van der Waals surface area contributed by atoms with Gasteiger partial charge in [-0.1, -0.05) is 20.8 Å². The number of hydrogen-bond donors (Lipinski definition) is 1. The molecule has 0 spiro atoms. The molecule has 17 heavy (non-hydrogen) atoms. The monoisotopic (exact) mass is 264 g/mol. The van der Waals surface area contributed by atoms with Gasteiger partial charge in [0.25, 0.3) is 0 Å². The normalized spacial score (nSPS) is 22.2. The molecular formula is C12H25ClN2O2. The van der Waals surface area contributed by atoms with E-state index in [1.54, 1.807) is 0 Å². The van der Waals surface area contributed by atoms with E-state index in [9.17, 15) is 4.79 Å². The summed E-state index contributed by atoms with van der Waals surface area (Å²) < 4.78 is 5.45. The van der Waals surface area contributed by atoms with Crippen LogP contribution in [0.4, 0.5) is 0 Å². The second kappa shape index (κ2) is 7.90. The first-order valence-corrected chi connectivity index (χ1v) is 6.14. The Labute approximate surface area is 110 Å². The van der Waals surface area contributed by atoms with Gasteiger partial charge >= 0.3 is 0 Å². The summed E-state index contributed by atoms with van der Waals surface area (Å²) in [5.41, 5.74) is 5.55. The van der Waals surface area contributed by atoms with Crippen LogP contribution in [0.3, 0.4) is 0 Å². The molecule has 5 heteroatoms. The fourth-order valence-electron chi connectivity index (χ4n) is 2.07. The topological polar surface area (TPSA) is 55.6 Å². The molecule has 4 nitrogen and oxygen atoms in total. The van der Waals surface area contributed by atoms with E-state index >= 15 is 0 Å². The number of ether oxygens (including phenoxy) is 1. The summed E-state index contributed by atoms with van der Waals surface area (Å²) in [7, 11) is 0. The highest BCUT2D eigenvalue weighted by atomic mass is 35.5. The average molecular weight is 265 g/mol. The van der Waals surface area contributed by atoms with Gasteiger partial charge in [-0.05, 0) is 12.3 Å². The minimum absolute atomic E-state index is 0. The van der Waals surface area contributed by atoms with Gasteiger partial charge in [0, 0.05) is 19.0 Å². The molecule has 0 radical (unpaired) electrons. The minimum atomic E-state index is -0.0761. The Hall–Kier alpha value is -0.320. The highest BCUT2D eigenvalue weighted by Gasteiger charge is 2.29. The van der Waals surface area contributed by atoms with E-state index in [0.717, 1.165) is 6.42 Å². The van der Waals surface area contributed by atoms with E-state index in [2.05, 4.69) is 13.8 Å². The van der Waals surface area contributed by atoms with Crippen LogP contribution in [0.1, 0.15) is 27.2 Å². The Kier molecular flexibility index (Phi) is 7.75. The van der Waals surface area contributed by atoms with Gasteiger partial charge in [-0.3, -0.25) is 4.79 Å². The fourth-order valence-corrected chi connectivity index (χ4v) is 2.07. The number of halogens is 1. The van der Waals surface area contributed by atoms with E-state index in [-0.39, 0.29) is 30.3 Å². The van der Waals surface area contributed by atoms with Gasteiger partial charge in [0.2, 0.25) is 5.91 Å². The summed E-state index contributed by atoms with van der Waals surface area (Å²) in [6.45, 7) is 8.68. The SMILES string of the molecule is CC(C)CC1COCCN1C(=O)C(C)CN.Cl. The quantitative estimate of drug-likeness (QED) is 0.832. The lowest BCUT2D eigenvalue weighted by Gasteiger charge is -2.37. The van der Waals surface area contributed by atoms with Crippen molar-refractivity contribution in [3.05, 3.63) is 0 Å². The summed E-state index contributed by atoms with van der Waals surface area (Å²) in [6, 6.07) is 0.232. The first kappa shape index (κ1) is 16.7. The third kappa shape index (κ3) is 4.82. The molecule has 1 rings (SSSR count). The zero-order valence-electron chi connectivity index (χ0n) is 11.0. The molecule has 2 N–H and O–H groups in total. The molecule has 1 aliphatic rings. The van der Waals surface area contributed by atoms with E-state index < -0.39 is 0 Å². The maximum absolute atomic E-state index is 12.1. The van der Waals surface area contributed by atoms with Crippen molar-refractivity contribution in [3.63, 3.8) is 0 Å². The predicted molar refractivity (Wildman–Crippen MR) is 71.2 cm³/mol. The summed E-state index contributed by atoms with van der Waals surface area (Å²) in [6.07, 6.45) is 1.00.